The number of nitrogens with zero attached hydrogens (tertiary/aromatic N) is 1. The zero-order valence-electron chi connectivity index (χ0n) is 24.3. The fourth-order valence-corrected chi connectivity index (χ4v) is 5.72. The van der Waals surface area contributed by atoms with Crippen molar-refractivity contribution in [3.05, 3.63) is 71.8 Å². The third kappa shape index (κ3) is 8.50. The molecule has 4 amide bonds. The molecule has 0 saturated carbocycles. The maximum atomic E-state index is 13.9. The lowest BCUT2D eigenvalue weighted by Crippen LogP contribution is -2.61. The molecule has 0 unspecified atom stereocenters. The van der Waals surface area contributed by atoms with Crippen LogP contribution in [0.15, 0.2) is 60.7 Å². The minimum absolute atomic E-state index is 0.207. The molecule has 224 valence electrons. The third-order valence-corrected chi connectivity index (χ3v) is 8.13. The molecule has 2 aromatic carbocycles. The summed E-state index contributed by atoms with van der Waals surface area (Å²) in [7, 11) is 0. The lowest BCUT2D eigenvalue weighted by molar-refractivity contribution is -0.143. The number of benzene rings is 2. The van der Waals surface area contributed by atoms with Crippen molar-refractivity contribution in [2.75, 3.05) is 6.54 Å². The second-order valence-electron chi connectivity index (χ2n) is 11.2. The van der Waals surface area contributed by atoms with Crippen LogP contribution in [0, 0.1) is 0 Å². The summed E-state index contributed by atoms with van der Waals surface area (Å²) in [4.78, 5) is 68.0. The van der Waals surface area contributed by atoms with E-state index in [-0.39, 0.29) is 30.4 Å². The lowest BCUT2D eigenvalue weighted by atomic mass is 10.00. The van der Waals surface area contributed by atoms with Gasteiger partial charge in [-0.1, -0.05) is 80.4 Å². The first-order valence-electron chi connectivity index (χ1n) is 15.2. The number of carbonyl (C=O) groups excluding carboxylic acids is 5. The Labute approximate surface area is 247 Å². The first kappa shape index (κ1) is 30.9. The van der Waals surface area contributed by atoms with E-state index in [0.717, 1.165) is 24.0 Å². The molecule has 3 N–H and O–H groups in total. The van der Waals surface area contributed by atoms with Gasteiger partial charge in [-0.25, -0.2) is 0 Å². The van der Waals surface area contributed by atoms with E-state index >= 15 is 0 Å². The van der Waals surface area contributed by atoms with E-state index in [4.69, 9.17) is 0 Å². The summed E-state index contributed by atoms with van der Waals surface area (Å²) in [5.41, 5.74) is 1.74. The van der Waals surface area contributed by atoms with Crippen molar-refractivity contribution in [3.8, 4) is 0 Å². The van der Waals surface area contributed by atoms with Crippen LogP contribution in [0.2, 0.25) is 0 Å². The van der Waals surface area contributed by atoms with Crippen LogP contribution in [0.4, 0.5) is 0 Å². The van der Waals surface area contributed by atoms with Crippen molar-refractivity contribution >= 4 is 29.4 Å². The molecule has 0 aliphatic carbocycles. The van der Waals surface area contributed by atoms with E-state index in [1.54, 1.807) is 4.90 Å². The van der Waals surface area contributed by atoms with E-state index in [1.165, 1.54) is 0 Å². The minimum Gasteiger partial charge on any atom is -0.343 e. The van der Waals surface area contributed by atoms with Crippen molar-refractivity contribution in [1.29, 1.82) is 0 Å². The normalized spacial score (nSPS) is 23.2. The van der Waals surface area contributed by atoms with E-state index < -0.39 is 36.0 Å². The van der Waals surface area contributed by atoms with Crippen molar-refractivity contribution in [2.45, 2.75) is 95.3 Å². The molecule has 2 aliphatic rings. The van der Waals surface area contributed by atoms with Gasteiger partial charge in [-0.15, -0.1) is 0 Å². The average molecular weight is 575 g/mol. The molecule has 9 heteroatoms. The summed E-state index contributed by atoms with van der Waals surface area (Å²) in [6, 6.07) is 15.4. The second-order valence-corrected chi connectivity index (χ2v) is 11.2. The van der Waals surface area contributed by atoms with Gasteiger partial charge in [-0.3, -0.25) is 24.0 Å². The van der Waals surface area contributed by atoms with E-state index in [0.29, 0.717) is 45.1 Å². The number of amides is 4. The first-order valence-corrected chi connectivity index (χ1v) is 15.2. The zero-order valence-corrected chi connectivity index (χ0v) is 24.3. The Morgan fingerprint density at radius 1 is 0.738 bits per heavy atom. The van der Waals surface area contributed by atoms with Crippen LogP contribution in [0.5, 0.6) is 0 Å². The molecule has 9 nitrogen and oxygen atoms in total. The van der Waals surface area contributed by atoms with Crippen molar-refractivity contribution in [3.63, 3.8) is 0 Å². The Morgan fingerprint density at radius 3 is 1.95 bits per heavy atom. The fourth-order valence-electron chi connectivity index (χ4n) is 5.72. The molecule has 4 rings (SSSR count). The Hall–Kier alpha value is -4.01. The summed E-state index contributed by atoms with van der Waals surface area (Å²) >= 11 is 0. The molecular formula is C33H42N4O5. The van der Waals surface area contributed by atoms with Crippen LogP contribution in [-0.4, -0.2) is 65.0 Å². The maximum absolute atomic E-state index is 13.9. The number of Topliss-reactive ketones (excluding diaryl/α,β-unsaturated/α-hetero) is 1. The highest BCUT2D eigenvalue weighted by Gasteiger charge is 2.40. The average Bonchev–Trinajstić information content (AvgIpc) is 3.50. The summed E-state index contributed by atoms with van der Waals surface area (Å²) in [6.45, 7) is 2.25. The Kier molecular flexibility index (Phi) is 11.3. The topological polar surface area (TPSA) is 125 Å². The van der Waals surface area contributed by atoms with Gasteiger partial charge < -0.3 is 20.9 Å². The molecule has 0 spiro atoms. The van der Waals surface area contributed by atoms with E-state index in [2.05, 4.69) is 16.0 Å². The summed E-state index contributed by atoms with van der Waals surface area (Å²) in [5, 5.41) is 8.73. The molecule has 42 heavy (non-hydrogen) atoms. The SMILES string of the molecule is CCC(=O)CCCCC[C@@H]1NC(=O)[C@H]2CCCN2C(=O)[C@H](Cc2ccccc2)NC(=O)[C@H](Cc2ccccc2)NC1=O. The highest BCUT2D eigenvalue weighted by molar-refractivity contribution is 5.98. The Bertz CT molecular complexity index is 1240. The molecule has 2 saturated heterocycles. The quantitative estimate of drug-likeness (QED) is 0.356. The predicted octanol–water partition coefficient (Wildman–Crippen LogP) is 2.86. The van der Waals surface area contributed by atoms with Gasteiger partial charge in [0.25, 0.3) is 0 Å². The van der Waals surface area contributed by atoms with Gasteiger partial charge >= 0.3 is 0 Å². The minimum atomic E-state index is -0.943. The lowest BCUT2D eigenvalue weighted by Gasteiger charge is -2.32. The molecule has 2 fully saturated rings. The number of fused-ring (bicyclic) bond motifs is 1. The second kappa shape index (κ2) is 15.3. The van der Waals surface area contributed by atoms with Crippen LogP contribution < -0.4 is 16.0 Å². The van der Waals surface area contributed by atoms with Gasteiger partial charge in [0.15, 0.2) is 0 Å². The van der Waals surface area contributed by atoms with Crippen LogP contribution in [0.1, 0.15) is 69.4 Å². The third-order valence-electron chi connectivity index (χ3n) is 8.13. The number of nitrogens with one attached hydrogen (secondary N) is 3. The predicted molar refractivity (Wildman–Crippen MR) is 159 cm³/mol. The largest absolute Gasteiger partial charge is 0.343 e. The molecule has 0 radical (unpaired) electrons. The number of carbonyl (C=O) groups is 5. The van der Waals surface area contributed by atoms with Gasteiger partial charge in [0, 0.05) is 32.2 Å². The molecule has 2 aliphatic heterocycles. The first-order chi connectivity index (χ1) is 20.4. The number of unbranched alkanes of at least 4 members (excludes halogenated alkanes) is 2. The van der Waals surface area contributed by atoms with Gasteiger partial charge in [0.2, 0.25) is 23.6 Å². The van der Waals surface area contributed by atoms with Crippen LogP contribution >= 0.6 is 0 Å². The molecule has 0 aromatic heterocycles. The molecule has 4 atom stereocenters. The van der Waals surface area contributed by atoms with E-state index in [9.17, 15) is 24.0 Å². The maximum Gasteiger partial charge on any atom is 0.246 e. The zero-order chi connectivity index (χ0) is 29.9. The molecule has 2 aromatic rings. The van der Waals surface area contributed by atoms with Crippen LogP contribution in [0.25, 0.3) is 0 Å². The van der Waals surface area contributed by atoms with Gasteiger partial charge in [0.1, 0.15) is 30.0 Å². The molecule has 2 heterocycles. The Morgan fingerprint density at radius 2 is 1.31 bits per heavy atom. The van der Waals surface area contributed by atoms with Crippen molar-refractivity contribution in [1.82, 2.24) is 20.9 Å². The fraction of sp³-hybridized carbons (Fsp3) is 0.485. The van der Waals surface area contributed by atoms with Crippen LogP contribution in [-0.2, 0) is 36.8 Å². The number of ketones is 1. The van der Waals surface area contributed by atoms with Crippen molar-refractivity contribution in [2.24, 2.45) is 0 Å². The monoisotopic (exact) mass is 574 g/mol. The van der Waals surface area contributed by atoms with Crippen molar-refractivity contribution < 1.29 is 24.0 Å². The summed E-state index contributed by atoms with van der Waals surface area (Å²) in [6.07, 6.45) is 5.14. The highest BCUT2D eigenvalue weighted by atomic mass is 16.2. The van der Waals surface area contributed by atoms with Crippen LogP contribution in [0.3, 0.4) is 0 Å². The number of hydrogen-bond donors (Lipinski definition) is 3. The standard InChI is InChI=1S/C33H42N4O5/c1-2-25(38)17-10-5-11-18-26-30(39)35-27(21-23-13-6-3-7-14-23)31(40)36-28(22-24-15-8-4-9-16-24)33(42)37-20-12-19-29(37)32(41)34-26/h3-4,6-9,13-16,26-29H,2,5,10-12,17-22H2,1H3,(H,34,41)(H,35,39)(H,36,40)/t26-,27-,28-,29+/m0/s1. The summed E-state index contributed by atoms with van der Waals surface area (Å²) in [5.74, 6) is -1.32. The Balaban J connectivity index is 1.59. The number of hydrogen-bond acceptors (Lipinski definition) is 5. The van der Waals surface area contributed by atoms with E-state index in [1.807, 2.05) is 67.6 Å². The summed E-state index contributed by atoms with van der Waals surface area (Å²) < 4.78 is 0. The van der Waals surface area contributed by atoms with Gasteiger partial charge in [0.05, 0.1) is 0 Å². The highest BCUT2D eigenvalue weighted by Crippen LogP contribution is 2.21. The van der Waals surface area contributed by atoms with Gasteiger partial charge in [-0.05, 0) is 36.8 Å². The smallest absolute Gasteiger partial charge is 0.246 e. The molecule has 0 bridgehead atoms. The number of rotatable bonds is 11. The van der Waals surface area contributed by atoms with Gasteiger partial charge in [-0.2, -0.15) is 0 Å². The molecular weight excluding hydrogens is 532 g/mol.